The first-order valence-electron chi connectivity index (χ1n) is 9.27. The molecule has 4 N–H and O–H groups in total. The highest BCUT2D eigenvalue weighted by atomic mass is 15.1. The van der Waals surface area contributed by atoms with Crippen molar-refractivity contribution < 1.29 is 0 Å². The Labute approximate surface area is 161 Å². The van der Waals surface area contributed by atoms with Crippen LogP contribution in [0.2, 0.25) is 0 Å². The average Bonchev–Trinajstić information content (AvgIpc) is 3.22. The molecule has 0 saturated carbocycles. The zero-order chi connectivity index (χ0) is 19.3. The number of hydrogen-bond acceptors (Lipinski definition) is 5. The summed E-state index contributed by atoms with van der Waals surface area (Å²) < 4.78 is 0. The van der Waals surface area contributed by atoms with Crippen LogP contribution in [0.25, 0.3) is 33.1 Å². The molecule has 28 heavy (non-hydrogen) atoms. The Morgan fingerprint density at radius 2 is 2.14 bits per heavy atom. The molecule has 0 aliphatic heterocycles. The van der Waals surface area contributed by atoms with Crippen molar-refractivity contribution in [2.45, 2.75) is 19.3 Å². The molecule has 1 atom stereocenters. The van der Waals surface area contributed by atoms with E-state index in [0.29, 0.717) is 17.7 Å². The van der Waals surface area contributed by atoms with E-state index in [1.54, 1.807) is 0 Å². The normalized spacial score (nSPS) is 16.0. The van der Waals surface area contributed by atoms with Crippen LogP contribution in [0.1, 0.15) is 23.1 Å². The molecule has 2 heterocycles. The highest BCUT2D eigenvalue weighted by Gasteiger charge is 2.26. The van der Waals surface area contributed by atoms with Crippen molar-refractivity contribution in [1.82, 2.24) is 15.2 Å². The fraction of sp³-hybridized carbons (Fsp3) is 0.182. The predicted octanol–water partition coefficient (Wildman–Crippen LogP) is 3.99. The molecule has 1 aliphatic carbocycles. The lowest BCUT2D eigenvalue weighted by Crippen LogP contribution is -2.15. The van der Waals surface area contributed by atoms with Gasteiger partial charge in [0, 0.05) is 33.8 Å². The van der Waals surface area contributed by atoms with Gasteiger partial charge in [0.2, 0.25) is 0 Å². The van der Waals surface area contributed by atoms with E-state index in [2.05, 4.69) is 16.3 Å². The summed E-state index contributed by atoms with van der Waals surface area (Å²) in [6, 6.07) is 12.1. The van der Waals surface area contributed by atoms with Crippen LogP contribution in [0.4, 0.5) is 5.69 Å². The second-order valence-electron chi connectivity index (χ2n) is 7.27. The highest BCUT2D eigenvalue weighted by Crippen LogP contribution is 2.39. The SMILES string of the molecule is N#CC1CCc2c(c(-c3ccc(N)c(C=N)c3)nc3ccc4[nH]ncc4c23)C1. The Hall–Kier alpha value is -3.72. The van der Waals surface area contributed by atoms with E-state index in [4.69, 9.17) is 16.1 Å². The zero-order valence-corrected chi connectivity index (χ0v) is 15.2. The predicted molar refractivity (Wildman–Crippen MR) is 110 cm³/mol. The molecule has 4 aromatic rings. The van der Waals surface area contributed by atoms with Gasteiger partial charge in [0.15, 0.2) is 0 Å². The number of nitrogens with zero attached hydrogens (tertiary/aromatic N) is 3. The lowest BCUT2D eigenvalue weighted by Gasteiger charge is -2.24. The van der Waals surface area contributed by atoms with Crippen LogP contribution in [0.15, 0.2) is 36.5 Å². The maximum atomic E-state index is 9.52. The average molecular weight is 366 g/mol. The van der Waals surface area contributed by atoms with Gasteiger partial charge in [0.25, 0.3) is 0 Å². The molecule has 0 bridgehead atoms. The first-order valence-corrected chi connectivity index (χ1v) is 9.27. The second-order valence-corrected chi connectivity index (χ2v) is 7.27. The molecular weight excluding hydrogens is 348 g/mol. The van der Waals surface area contributed by atoms with Crippen molar-refractivity contribution in [3.8, 4) is 17.3 Å². The number of aromatic nitrogens is 3. The van der Waals surface area contributed by atoms with Gasteiger partial charge in [0.05, 0.1) is 34.9 Å². The van der Waals surface area contributed by atoms with E-state index in [1.165, 1.54) is 11.8 Å². The van der Waals surface area contributed by atoms with E-state index in [9.17, 15) is 5.26 Å². The van der Waals surface area contributed by atoms with E-state index in [1.807, 2.05) is 36.5 Å². The van der Waals surface area contributed by atoms with Crippen LogP contribution in [0.5, 0.6) is 0 Å². The molecule has 1 aliphatic rings. The number of nitrogens with two attached hydrogens (primary N) is 1. The molecule has 1 unspecified atom stereocenters. The molecule has 2 aromatic heterocycles. The summed E-state index contributed by atoms with van der Waals surface area (Å²) in [5, 5.41) is 26.6. The van der Waals surface area contributed by atoms with Crippen molar-refractivity contribution >= 4 is 33.7 Å². The Morgan fingerprint density at radius 3 is 2.96 bits per heavy atom. The molecular formula is C22H18N6. The molecule has 0 radical (unpaired) electrons. The molecule has 6 heteroatoms. The summed E-state index contributed by atoms with van der Waals surface area (Å²) in [7, 11) is 0. The summed E-state index contributed by atoms with van der Waals surface area (Å²) in [6.07, 6.45) is 5.49. The van der Waals surface area contributed by atoms with Gasteiger partial charge in [-0.25, -0.2) is 4.98 Å². The number of aromatic amines is 1. The van der Waals surface area contributed by atoms with Crippen LogP contribution < -0.4 is 5.73 Å². The smallest absolute Gasteiger partial charge is 0.0745 e. The molecule has 6 nitrogen and oxygen atoms in total. The molecule has 0 spiro atoms. The third-order valence-electron chi connectivity index (χ3n) is 5.68. The van der Waals surface area contributed by atoms with Crippen molar-refractivity contribution in [1.29, 1.82) is 10.7 Å². The summed E-state index contributed by atoms with van der Waals surface area (Å²) in [5.41, 5.74) is 13.3. The van der Waals surface area contributed by atoms with Crippen molar-refractivity contribution in [2.24, 2.45) is 5.92 Å². The molecule has 0 fully saturated rings. The summed E-state index contributed by atoms with van der Waals surface area (Å²) >= 11 is 0. The number of aryl methyl sites for hydroxylation is 1. The molecule has 2 aromatic carbocycles. The quantitative estimate of drug-likeness (QED) is 0.367. The van der Waals surface area contributed by atoms with Gasteiger partial charge >= 0.3 is 0 Å². The van der Waals surface area contributed by atoms with E-state index in [0.717, 1.165) is 51.5 Å². The van der Waals surface area contributed by atoms with Crippen LogP contribution in [-0.2, 0) is 12.8 Å². The first-order chi connectivity index (χ1) is 13.7. The largest absolute Gasteiger partial charge is 0.398 e. The Morgan fingerprint density at radius 1 is 1.25 bits per heavy atom. The maximum Gasteiger partial charge on any atom is 0.0745 e. The fourth-order valence-corrected chi connectivity index (χ4v) is 4.26. The number of anilines is 1. The van der Waals surface area contributed by atoms with Crippen molar-refractivity contribution in [2.75, 3.05) is 5.73 Å². The molecule has 0 amide bonds. The number of rotatable bonds is 2. The van der Waals surface area contributed by atoms with Gasteiger partial charge in [-0.1, -0.05) is 6.07 Å². The number of nitrogen functional groups attached to an aromatic ring is 1. The van der Waals surface area contributed by atoms with E-state index >= 15 is 0 Å². The number of benzene rings is 2. The summed E-state index contributed by atoms with van der Waals surface area (Å²) in [6.45, 7) is 0. The van der Waals surface area contributed by atoms with Gasteiger partial charge in [-0.3, -0.25) is 5.10 Å². The van der Waals surface area contributed by atoms with Gasteiger partial charge in [-0.05, 0) is 54.7 Å². The first kappa shape index (κ1) is 16.5. The Balaban J connectivity index is 1.86. The van der Waals surface area contributed by atoms with Gasteiger partial charge < -0.3 is 11.1 Å². The van der Waals surface area contributed by atoms with Gasteiger partial charge in [0.1, 0.15) is 0 Å². The standard InChI is InChI=1S/C22H18N6/c23-9-12-1-3-15-16(7-12)22(13-2-4-18(25)14(8-13)10-24)27-20-6-5-19-17(21(15)20)11-26-28-19/h2,4-6,8,10-12,24H,1,3,7,25H2,(H,26,28). The lowest BCUT2D eigenvalue weighted by atomic mass is 9.80. The molecule has 136 valence electrons. The Bertz CT molecular complexity index is 1290. The summed E-state index contributed by atoms with van der Waals surface area (Å²) in [4.78, 5) is 5.00. The van der Waals surface area contributed by atoms with Crippen LogP contribution in [0, 0.1) is 22.7 Å². The maximum absolute atomic E-state index is 9.52. The zero-order valence-electron chi connectivity index (χ0n) is 15.2. The Kier molecular flexibility index (Phi) is 3.63. The van der Waals surface area contributed by atoms with E-state index < -0.39 is 0 Å². The van der Waals surface area contributed by atoms with E-state index in [-0.39, 0.29) is 5.92 Å². The minimum atomic E-state index is -0.00922. The van der Waals surface area contributed by atoms with Gasteiger partial charge in [-0.2, -0.15) is 10.4 Å². The number of nitriles is 1. The molecule has 5 rings (SSSR count). The topological polar surface area (TPSA) is 115 Å². The number of pyridine rings is 1. The minimum Gasteiger partial charge on any atom is -0.398 e. The minimum absolute atomic E-state index is 0.00922. The number of hydrogen-bond donors (Lipinski definition) is 3. The summed E-state index contributed by atoms with van der Waals surface area (Å²) in [5.74, 6) is -0.00922. The number of nitrogens with one attached hydrogen (secondary N) is 2. The fourth-order valence-electron chi connectivity index (χ4n) is 4.26. The van der Waals surface area contributed by atoms with Crippen LogP contribution >= 0.6 is 0 Å². The van der Waals surface area contributed by atoms with Crippen molar-refractivity contribution in [3.63, 3.8) is 0 Å². The lowest BCUT2D eigenvalue weighted by molar-refractivity contribution is 0.567. The van der Waals surface area contributed by atoms with Crippen molar-refractivity contribution in [3.05, 3.63) is 53.2 Å². The highest BCUT2D eigenvalue weighted by molar-refractivity contribution is 6.07. The number of H-pyrrole nitrogens is 1. The second kappa shape index (κ2) is 6.17. The van der Waals surface area contributed by atoms with Crippen LogP contribution in [0.3, 0.4) is 0 Å². The third kappa shape index (κ3) is 2.37. The molecule has 0 saturated heterocycles. The number of fused-ring (bicyclic) bond motifs is 5. The monoisotopic (exact) mass is 366 g/mol. The third-order valence-corrected chi connectivity index (χ3v) is 5.68. The van der Waals surface area contributed by atoms with Crippen LogP contribution in [-0.4, -0.2) is 21.4 Å². The van der Waals surface area contributed by atoms with Gasteiger partial charge in [-0.15, -0.1) is 0 Å².